The first-order chi connectivity index (χ1) is 10.1. The van der Waals surface area contributed by atoms with Crippen LogP contribution in [0.25, 0.3) is 0 Å². The second-order valence-corrected chi connectivity index (χ2v) is 5.33. The minimum Gasteiger partial charge on any atom is -0.508 e. The molecule has 0 radical (unpaired) electrons. The van der Waals surface area contributed by atoms with Gasteiger partial charge in [0.15, 0.2) is 0 Å². The molecule has 1 N–H and O–H groups in total. The van der Waals surface area contributed by atoms with Crippen molar-refractivity contribution in [1.29, 1.82) is 0 Å². The fraction of sp³-hybridized carbons (Fsp3) is 0.294. The summed E-state index contributed by atoms with van der Waals surface area (Å²) < 4.78 is 32.9. The van der Waals surface area contributed by atoms with E-state index < -0.39 is 18.4 Å². The fourth-order valence-corrected chi connectivity index (χ4v) is 2.70. The highest BCUT2D eigenvalue weighted by Gasteiger charge is 2.31. The lowest BCUT2D eigenvalue weighted by Gasteiger charge is -2.32. The van der Waals surface area contributed by atoms with Crippen molar-refractivity contribution in [2.75, 3.05) is 0 Å². The first-order valence-corrected chi connectivity index (χ1v) is 6.96. The third-order valence-electron chi connectivity index (χ3n) is 3.75. The van der Waals surface area contributed by atoms with Gasteiger partial charge >= 0.3 is 0 Å². The predicted molar refractivity (Wildman–Crippen MR) is 75.2 cm³/mol. The molecular formula is C17H16F2O2. The van der Waals surface area contributed by atoms with E-state index in [9.17, 15) is 13.9 Å². The van der Waals surface area contributed by atoms with Crippen LogP contribution in [0.4, 0.5) is 8.78 Å². The van der Waals surface area contributed by atoms with E-state index in [-0.39, 0.29) is 24.4 Å². The van der Waals surface area contributed by atoms with Crippen LogP contribution in [-0.2, 0) is 4.74 Å². The first-order valence-electron chi connectivity index (χ1n) is 6.96. The van der Waals surface area contributed by atoms with Gasteiger partial charge in [-0.15, -0.1) is 0 Å². The Morgan fingerprint density at radius 2 is 1.62 bits per heavy atom. The summed E-state index contributed by atoms with van der Waals surface area (Å²) in [6.45, 7) is 0. The molecule has 3 atom stereocenters. The molecule has 1 aliphatic rings. The van der Waals surface area contributed by atoms with Gasteiger partial charge in [0.25, 0.3) is 0 Å². The predicted octanol–water partition coefficient (Wildman–Crippen LogP) is 4.46. The Labute approximate surface area is 122 Å². The third-order valence-corrected chi connectivity index (χ3v) is 3.75. The minimum atomic E-state index is -0.985. The number of ether oxygens (including phenoxy) is 1. The quantitative estimate of drug-likeness (QED) is 0.884. The highest BCUT2D eigenvalue weighted by Crippen LogP contribution is 2.40. The van der Waals surface area contributed by atoms with Gasteiger partial charge in [-0.25, -0.2) is 8.78 Å². The third kappa shape index (κ3) is 3.22. The summed E-state index contributed by atoms with van der Waals surface area (Å²) in [4.78, 5) is 0. The van der Waals surface area contributed by atoms with Gasteiger partial charge in [0.05, 0.1) is 12.2 Å². The van der Waals surface area contributed by atoms with E-state index in [0.29, 0.717) is 0 Å². The Bertz CT molecular complexity index is 612. The molecule has 110 valence electrons. The van der Waals surface area contributed by atoms with Crippen molar-refractivity contribution in [3.8, 4) is 5.75 Å². The molecule has 2 nitrogen and oxygen atoms in total. The lowest BCUT2D eigenvalue weighted by Crippen LogP contribution is -2.24. The van der Waals surface area contributed by atoms with Crippen LogP contribution >= 0.6 is 0 Å². The van der Waals surface area contributed by atoms with Gasteiger partial charge in [0.1, 0.15) is 17.7 Å². The van der Waals surface area contributed by atoms with Crippen LogP contribution in [-0.4, -0.2) is 11.3 Å². The molecule has 0 aliphatic carbocycles. The first kappa shape index (κ1) is 14.0. The van der Waals surface area contributed by atoms with Crippen LogP contribution in [0.5, 0.6) is 5.75 Å². The number of phenolic OH excluding ortho intramolecular Hbond substituents is 1. The summed E-state index contributed by atoms with van der Waals surface area (Å²) in [5, 5.41) is 9.53. The molecule has 21 heavy (non-hydrogen) atoms. The summed E-state index contributed by atoms with van der Waals surface area (Å²) in [6.07, 6.45) is -1.26. The molecule has 3 rings (SSSR count). The van der Waals surface area contributed by atoms with Crippen LogP contribution in [0.15, 0.2) is 48.5 Å². The Morgan fingerprint density at radius 1 is 0.952 bits per heavy atom. The monoisotopic (exact) mass is 290 g/mol. The van der Waals surface area contributed by atoms with Gasteiger partial charge in [0.2, 0.25) is 0 Å². The summed E-state index contributed by atoms with van der Waals surface area (Å²) in [7, 11) is 0. The lowest BCUT2D eigenvalue weighted by atomic mass is 9.93. The van der Waals surface area contributed by atoms with E-state index in [1.54, 1.807) is 30.3 Å². The van der Waals surface area contributed by atoms with Crippen LogP contribution in [0, 0.1) is 5.82 Å². The molecular weight excluding hydrogens is 274 g/mol. The normalized spacial score (nSPS) is 25.7. The summed E-state index contributed by atoms with van der Waals surface area (Å²) in [6, 6.07) is 12.6. The van der Waals surface area contributed by atoms with Crippen LogP contribution < -0.4 is 0 Å². The zero-order valence-corrected chi connectivity index (χ0v) is 11.4. The zero-order chi connectivity index (χ0) is 14.8. The number of alkyl halides is 1. The molecule has 4 heteroatoms. The van der Waals surface area contributed by atoms with Crippen LogP contribution in [0.1, 0.15) is 36.2 Å². The molecule has 0 unspecified atom stereocenters. The Kier molecular flexibility index (Phi) is 3.88. The van der Waals surface area contributed by atoms with E-state index in [4.69, 9.17) is 4.74 Å². The van der Waals surface area contributed by atoms with E-state index in [1.807, 2.05) is 6.07 Å². The Hall–Kier alpha value is -1.94. The Balaban J connectivity index is 1.83. The SMILES string of the molecule is Oc1cccc([C@H]2C[C@@H](F)C[C@@H](c3ccc(F)cc3)O2)c1. The van der Waals surface area contributed by atoms with Gasteiger partial charge in [-0.2, -0.15) is 0 Å². The van der Waals surface area contributed by atoms with Gasteiger partial charge in [-0.05, 0) is 35.4 Å². The van der Waals surface area contributed by atoms with Gasteiger partial charge < -0.3 is 9.84 Å². The van der Waals surface area contributed by atoms with E-state index in [0.717, 1.165) is 11.1 Å². The molecule has 0 spiro atoms. The van der Waals surface area contributed by atoms with Gasteiger partial charge in [-0.3, -0.25) is 0 Å². The van der Waals surface area contributed by atoms with Crippen molar-refractivity contribution < 1.29 is 18.6 Å². The number of hydrogen-bond acceptors (Lipinski definition) is 2. The number of halogens is 2. The van der Waals surface area contributed by atoms with Gasteiger partial charge in [-0.1, -0.05) is 24.3 Å². The van der Waals surface area contributed by atoms with Crippen LogP contribution in [0.3, 0.4) is 0 Å². The molecule has 0 amide bonds. The van der Waals surface area contributed by atoms with Crippen molar-refractivity contribution in [3.05, 3.63) is 65.5 Å². The van der Waals surface area contributed by atoms with Crippen molar-refractivity contribution in [3.63, 3.8) is 0 Å². The molecule has 0 aromatic heterocycles. The van der Waals surface area contributed by atoms with E-state index in [1.165, 1.54) is 12.1 Å². The Morgan fingerprint density at radius 3 is 2.29 bits per heavy atom. The highest BCUT2D eigenvalue weighted by atomic mass is 19.1. The maximum atomic E-state index is 14.0. The molecule has 1 aliphatic heterocycles. The summed E-state index contributed by atoms with van der Waals surface area (Å²) >= 11 is 0. The fourth-order valence-electron chi connectivity index (χ4n) is 2.70. The maximum Gasteiger partial charge on any atom is 0.123 e. The molecule has 1 saturated heterocycles. The minimum absolute atomic E-state index is 0.135. The second-order valence-electron chi connectivity index (χ2n) is 5.33. The molecule has 1 heterocycles. The van der Waals surface area contributed by atoms with Crippen molar-refractivity contribution in [2.24, 2.45) is 0 Å². The molecule has 1 fully saturated rings. The zero-order valence-electron chi connectivity index (χ0n) is 11.4. The largest absolute Gasteiger partial charge is 0.508 e. The van der Waals surface area contributed by atoms with Gasteiger partial charge in [0, 0.05) is 12.8 Å². The average molecular weight is 290 g/mol. The smallest absolute Gasteiger partial charge is 0.123 e. The lowest BCUT2D eigenvalue weighted by molar-refractivity contribution is -0.0812. The number of phenols is 1. The molecule has 2 aromatic rings. The highest BCUT2D eigenvalue weighted by molar-refractivity contribution is 5.29. The van der Waals surface area contributed by atoms with E-state index >= 15 is 0 Å². The van der Waals surface area contributed by atoms with Crippen molar-refractivity contribution in [2.45, 2.75) is 31.2 Å². The standard InChI is InChI=1S/C17H16F2O2/c18-13-6-4-11(5-7-13)16-9-14(19)10-17(21-16)12-2-1-3-15(20)8-12/h1-8,14,16-17,20H,9-10H2/t14-,16-,17+/m0/s1. The number of hydrogen-bond donors (Lipinski definition) is 1. The number of benzene rings is 2. The molecule has 0 bridgehead atoms. The average Bonchev–Trinajstić information content (AvgIpc) is 2.47. The van der Waals surface area contributed by atoms with Crippen LogP contribution in [0.2, 0.25) is 0 Å². The van der Waals surface area contributed by atoms with E-state index in [2.05, 4.69) is 0 Å². The number of aromatic hydroxyl groups is 1. The van der Waals surface area contributed by atoms with Crippen molar-refractivity contribution >= 4 is 0 Å². The second kappa shape index (κ2) is 5.82. The number of rotatable bonds is 2. The molecule has 2 aromatic carbocycles. The molecule has 0 saturated carbocycles. The van der Waals surface area contributed by atoms with Crippen molar-refractivity contribution in [1.82, 2.24) is 0 Å². The summed E-state index contributed by atoms with van der Waals surface area (Å²) in [5.41, 5.74) is 1.52. The maximum absolute atomic E-state index is 14.0. The topological polar surface area (TPSA) is 29.5 Å². The summed E-state index contributed by atoms with van der Waals surface area (Å²) in [5.74, 6) is -0.189.